The summed E-state index contributed by atoms with van der Waals surface area (Å²) < 4.78 is 0. The fraction of sp³-hybridized carbons (Fsp3) is 0.529. The zero-order chi connectivity index (χ0) is 15.9. The summed E-state index contributed by atoms with van der Waals surface area (Å²) in [5.41, 5.74) is 6.91. The number of nitrogens with zero attached hydrogens (tertiary/aromatic N) is 1. The van der Waals surface area contributed by atoms with Gasteiger partial charge in [-0.05, 0) is 31.7 Å². The monoisotopic (exact) mass is 339 g/mol. The van der Waals surface area contributed by atoms with E-state index in [4.69, 9.17) is 5.73 Å². The van der Waals surface area contributed by atoms with Crippen LogP contribution in [0.1, 0.15) is 31.7 Å². The predicted octanol–water partition coefficient (Wildman–Crippen LogP) is 1.70. The summed E-state index contributed by atoms with van der Waals surface area (Å²) in [6, 6.07) is 9.98. The number of likely N-dealkylation sites (N-methyl/N-ethyl adjacent to an activating group) is 1. The van der Waals surface area contributed by atoms with E-state index >= 15 is 0 Å². The molecule has 0 bridgehead atoms. The standard InChI is InChI=1S/C17H25N3O2.ClH/c1-2-20(12-13-6-4-3-5-7-13)16(21)11-19-17(22)14-8-9-15(18)10-14;/h3-7,14-15H,2,8-12,18H2,1H3,(H,19,22);1H. The summed E-state index contributed by atoms with van der Waals surface area (Å²) in [6.07, 6.45) is 2.44. The molecule has 2 amide bonds. The third kappa shape index (κ3) is 5.84. The molecule has 2 rings (SSSR count). The first-order valence-electron chi connectivity index (χ1n) is 7.95. The first kappa shape index (κ1) is 19.5. The largest absolute Gasteiger partial charge is 0.347 e. The maximum absolute atomic E-state index is 12.2. The summed E-state index contributed by atoms with van der Waals surface area (Å²) in [5.74, 6) is -0.133. The molecule has 0 radical (unpaired) electrons. The average molecular weight is 340 g/mol. The molecule has 5 nitrogen and oxygen atoms in total. The molecule has 0 aromatic heterocycles. The zero-order valence-corrected chi connectivity index (χ0v) is 14.3. The van der Waals surface area contributed by atoms with Crippen LogP contribution in [-0.4, -0.2) is 35.8 Å². The highest BCUT2D eigenvalue weighted by atomic mass is 35.5. The molecule has 3 N–H and O–H groups in total. The van der Waals surface area contributed by atoms with Crippen molar-refractivity contribution in [2.45, 2.75) is 38.8 Å². The van der Waals surface area contributed by atoms with E-state index in [1.807, 2.05) is 37.3 Å². The van der Waals surface area contributed by atoms with Crippen molar-refractivity contribution in [2.75, 3.05) is 13.1 Å². The highest BCUT2D eigenvalue weighted by Crippen LogP contribution is 2.23. The zero-order valence-electron chi connectivity index (χ0n) is 13.5. The molecule has 1 aliphatic carbocycles. The van der Waals surface area contributed by atoms with Gasteiger partial charge in [0.2, 0.25) is 11.8 Å². The highest BCUT2D eigenvalue weighted by Gasteiger charge is 2.28. The Bertz CT molecular complexity index is 510. The number of hydrogen-bond donors (Lipinski definition) is 2. The summed E-state index contributed by atoms with van der Waals surface area (Å²) in [5, 5.41) is 2.76. The molecule has 6 heteroatoms. The number of rotatable bonds is 6. The van der Waals surface area contributed by atoms with Gasteiger partial charge in [-0.25, -0.2) is 0 Å². The lowest BCUT2D eigenvalue weighted by Gasteiger charge is -2.21. The van der Waals surface area contributed by atoms with Crippen molar-refractivity contribution in [3.05, 3.63) is 35.9 Å². The smallest absolute Gasteiger partial charge is 0.242 e. The second kappa shape index (κ2) is 9.53. The second-order valence-corrected chi connectivity index (χ2v) is 5.88. The molecule has 1 saturated carbocycles. The molecule has 0 saturated heterocycles. The SMILES string of the molecule is CCN(Cc1ccccc1)C(=O)CNC(=O)C1CCC(N)C1.Cl. The van der Waals surface area contributed by atoms with Gasteiger partial charge in [0.05, 0.1) is 6.54 Å². The molecular formula is C17H26ClN3O2. The Labute approximate surface area is 144 Å². The first-order valence-corrected chi connectivity index (χ1v) is 7.95. The van der Waals surface area contributed by atoms with Gasteiger partial charge >= 0.3 is 0 Å². The van der Waals surface area contributed by atoms with Crippen LogP contribution in [-0.2, 0) is 16.1 Å². The van der Waals surface area contributed by atoms with Gasteiger partial charge in [0, 0.05) is 25.0 Å². The van der Waals surface area contributed by atoms with Crippen LogP contribution in [0.2, 0.25) is 0 Å². The molecule has 1 aromatic carbocycles. The molecule has 1 aliphatic rings. The van der Waals surface area contributed by atoms with Crippen LogP contribution in [0, 0.1) is 5.92 Å². The van der Waals surface area contributed by atoms with E-state index in [1.54, 1.807) is 4.90 Å². The molecular weight excluding hydrogens is 314 g/mol. The normalized spacial score (nSPS) is 19.7. The van der Waals surface area contributed by atoms with Gasteiger partial charge in [-0.1, -0.05) is 30.3 Å². The summed E-state index contributed by atoms with van der Waals surface area (Å²) in [7, 11) is 0. The van der Waals surface area contributed by atoms with Crippen molar-refractivity contribution in [3.8, 4) is 0 Å². The van der Waals surface area contributed by atoms with Crippen LogP contribution in [0.4, 0.5) is 0 Å². The quantitative estimate of drug-likeness (QED) is 0.828. The van der Waals surface area contributed by atoms with Crippen molar-refractivity contribution < 1.29 is 9.59 Å². The van der Waals surface area contributed by atoms with Crippen LogP contribution in [0.5, 0.6) is 0 Å². The predicted molar refractivity (Wildman–Crippen MR) is 93.1 cm³/mol. The lowest BCUT2D eigenvalue weighted by Crippen LogP contribution is -2.41. The third-order valence-corrected chi connectivity index (χ3v) is 4.21. The molecule has 1 fully saturated rings. The van der Waals surface area contributed by atoms with Crippen LogP contribution >= 0.6 is 12.4 Å². The second-order valence-electron chi connectivity index (χ2n) is 5.88. The van der Waals surface area contributed by atoms with Crippen molar-refractivity contribution in [1.82, 2.24) is 10.2 Å². The lowest BCUT2D eigenvalue weighted by molar-refractivity contribution is -0.134. The molecule has 128 valence electrons. The molecule has 2 atom stereocenters. The van der Waals surface area contributed by atoms with Gasteiger partial charge in [-0.3, -0.25) is 9.59 Å². The Kier molecular flexibility index (Phi) is 8.06. The number of hydrogen-bond acceptors (Lipinski definition) is 3. The van der Waals surface area contributed by atoms with Crippen molar-refractivity contribution in [3.63, 3.8) is 0 Å². The van der Waals surface area contributed by atoms with E-state index < -0.39 is 0 Å². The van der Waals surface area contributed by atoms with Crippen LogP contribution < -0.4 is 11.1 Å². The van der Waals surface area contributed by atoms with Crippen LogP contribution in [0.15, 0.2) is 30.3 Å². The van der Waals surface area contributed by atoms with Gasteiger partial charge in [-0.2, -0.15) is 0 Å². The number of carbonyl (C=O) groups is 2. The van der Waals surface area contributed by atoms with Gasteiger partial charge in [0.15, 0.2) is 0 Å². The minimum Gasteiger partial charge on any atom is -0.347 e. The van der Waals surface area contributed by atoms with Crippen molar-refractivity contribution >= 4 is 24.2 Å². The average Bonchev–Trinajstić information content (AvgIpc) is 2.97. The van der Waals surface area contributed by atoms with Gasteiger partial charge in [-0.15, -0.1) is 12.4 Å². The minimum absolute atomic E-state index is 0. The van der Waals surface area contributed by atoms with E-state index in [-0.39, 0.29) is 42.7 Å². The fourth-order valence-corrected chi connectivity index (χ4v) is 2.85. The van der Waals surface area contributed by atoms with Gasteiger partial charge in [0.1, 0.15) is 0 Å². The van der Waals surface area contributed by atoms with E-state index in [0.717, 1.165) is 24.8 Å². The number of benzene rings is 1. The van der Waals surface area contributed by atoms with Crippen molar-refractivity contribution in [2.24, 2.45) is 11.7 Å². The minimum atomic E-state index is -0.0537. The number of nitrogens with two attached hydrogens (primary N) is 1. The molecule has 0 heterocycles. The Balaban J connectivity index is 0.00000264. The molecule has 0 spiro atoms. The van der Waals surface area contributed by atoms with E-state index in [2.05, 4.69) is 5.32 Å². The molecule has 23 heavy (non-hydrogen) atoms. The maximum Gasteiger partial charge on any atom is 0.242 e. The molecule has 0 aliphatic heterocycles. The molecule has 2 unspecified atom stereocenters. The van der Waals surface area contributed by atoms with Gasteiger partial charge in [0.25, 0.3) is 0 Å². The van der Waals surface area contributed by atoms with Crippen LogP contribution in [0.25, 0.3) is 0 Å². The van der Waals surface area contributed by atoms with E-state index in [1.165, 1.54) is 0 Å². The van der Waals surface area contributed by atoms with E-state index in [9.17, 15) is 9.59 Å². The Morgan fingerprint density at radius 3 is 2.52 bits per heavy atom. The Morgan fingerprint density at radius 1 is 1.26 bits per heavy atom. The summed E-state index contributed by atoms with van der Waals surface area (Å²) in [6.45, 7) is 3.20. The third-order valence-electron chi connectivity index (χ3n) is 4.21. The Morgan fingerprint density at radius 2 is 1.96 bits per heavy atom. The van der Waals surface area contributed by atoms with Crippen molar-refractivity contribution in [1.29, 1.82) is 0 Å². The number of halogens is 1. The van der Waals surface area contributed by atoms with Crippen LogP contribution in [0.3, 0.4) is 0 Å². The first-order chi connectivity index (χ1) is 10.6. The van der Waals surface area contributed by atoms with Gasteiger partial charge < -0.3 is 16.0 Å². The number of nitrogens with one attached hydrogen (secondary N) is 1. The number of carbonyl (C=O) groups excluding carboxylic acids is 2. The fourth-order valence-electron chi connectivity index (χ4n) is 2.85. The summed E-state index contributed by atoms with van der Waals surface area (Å²) in [4.78, 5) is 26.0. The molecule has 1 aromatic rings. The topological polar surface area (TPSA) is 75.4 Å². The highest BCUT2D eigenvalue weighted by molar-refractivity contribution is 5.86. The Hall–Kier alpha value is -1.59. The van der Waals surface area contributed by atoms with E-state index in [0.29, 0.717) is 13.1 Å². The summed E-state index contributed by atoms with van der Waals surface area (Å²) >= 11 is 0. The number of amides is 2. The maximum atomic E-state index is 12.2. The lowest BCUT2D eigenvalue weighted by atomic mass is 10.1.